The number of fused-ring (bicyclic) bond motifs is 1. The number of benzene rings is 1. The topological polar surface area (TPSA) is 95.1 Å². The molecule has 17 heavy (non-hydrogen) atoms. The van der Waals surface area contributed by atoms with Crippen LogP contribution in [0.1, 0.15) is 0 Å². The van der Waals surface area contributed by atoms with Gasteiger partial charge in [-0.1, -0.05) is 0 Å². The second-order valence-corrected chi connectivity index (χ2v) is 3.72. The van der Waals surface area contributed by atoms with Gasteiger partial charge in [-0.3, -0.25) is 4.40 Å². The molecule has 6 nitrogen and oxygen atoms in total. The van der Waals surface area contributed by atoms with Crippen molar-refractivity contribution in [2.24, 2.45) is 0 Å². The van der Waals surface area contributed by atoms with Gasteiger partial charge in [-0.15, -0.1) is 10.2 Å². The van der Waals surface area contributed by atoms with E-state index >= 15 is 0 Å². The summed E-state index contributed by atoms with van der Waals surface area (Å²) >= 11 is 0. The summed E-state index contributed by atoms with van der Waals surface area (Å²) in [7, 11) is 0. The highest BCUT2D eigenvalue weighted by Crippen LogP contribution is 2.23. The molecular weight excluding hydrogens is 216 g/mol. The SMILES string of the molecule is Nc1cc(N)cc(-c2nnc3ccncn23)c1. The predicted molar refractivity (Wildman–Crippen MR) is 65.0 cm³/mol. The molecule has 0 aliphatic heterocycles. The van der Waals surface area contributed by atoms with Crippen LogP contribution in [-0.2, 0) is 0 Å². The van der Waals surface area contributed by atoms with E-state index in [0.29, 0.717) is 17.2 Å². The van der Waals surface area contributed by atoms with Crippen molar-refractivity contribution in [2.45, 2.75) is 0 Å². The Morgan fingerprint density at radius 2 is 1.76 bits per heavy atom. The summed E-state index contributed by atoms with van der Waals surface area (Å²) in [5.74, 6) is 0.673. The first-order valence-corrected chi connectivity index (χ1v) is 5.05. The van der Waals surface area contributed by atoms with Crippen LogP contribution in [0.25, 0.3) is 17.0 Å². The summed E-state index contributed by atoms with van der Waals surface area (Å²) in [5, 5.41) is 8.16. The molecular formula is C11H10N6. The largest absolute Gasteiger partial charge is 0.399 e. The van der Waals surface area contributed by atoms with Crippen molar-refractivity contribution >= 4 is 17.0 Å². The monoisotopic (exact) mass is 226 g/mol. The molecule has 3 rings (SSSR count). The zero-order valence-electron chi connectivity index (χ0n) is 8.91. The number of nitrogens with zero attached hydrogens (tertiary/aromatic N) is 4. The van der Waals surface area contributed by atoms with E-state index in [-0.39, 0.29) is 0 Å². The summed E-state index contributed by atoms with van der Waals surface area (Å²) in [6.07, 6.45) is 3.32. The minimum absolute atomic E-state index is 0.598. The van der Waals surface area contributed by atoms with Crippen molar-refractivity contribution in [2.75, 3.05) is 11.5 Å². The Balaban J connectivity index is 2.27. The van der Waals surface area contributed by atoms with Gasteiger partial charge in [0.05, 0.1) is 0 Å². The number of rotatable bonds is 1. The molecule has 84 valence electrons. The van der Waals surface area contributed by atoms with E-state index in [1.807, 2.05) is 0 Å². The lowest BCUT2D eigenvalue weighted by molar-refractivity contribution is 1.08. The molecule has 2 heterocycles. The van der Waals surface area contributed by atoms with E-state index in [1.165, 1.54) is 0 Å². The molecule has 0 amide bonds. The minimum atomic E-state index is 0.598. The molecule has 0 aliphatic rings. The number of hydrogen-bond acceptors (Lipinski definition) is 5. The van der Waals surface area contributed by atoms with Gasteiger partial charge in [0.2, 0.25) is 0 Å². The van der Waals surface area contributed by atoms with Crippen LogP contribution < -0.4 is 11.5 Å². The van der Waals surface area contributed by atoms with Gasteiger partial charge in [0, 0.05) is 29.2 Å². The van der Waals surface area contributed by atoms with Crippen molar-refractivity contribution in [3.63, 3.8) is 0 Å². The number of anilines is 2. The Morgan fingerprint density at radius 1 is 1.00 bits per heavy atom. The maximum Gasteiger partial charge on any atom is 0.169 e. The lowest BCUT2D eigenvalue weighted by Gasteiger charge is -2.02. The normalized spacial score (nSPS) is 10.8. The number of aromatic nitrogens is 4. The molecule has 0 spiro atoms. The number of nitrogen functional groups attached to an aromatic ring is 2. The first kappa shape index (κ1) is 9.59. The van der Waals surface area contributed by atoms with Crippen LogP contribution in [0.3, 0.4) is 0 Å². The van der Waals surface area contributed by atoms with Gasteiger partial charge in [-0.2, -0.15) is 0 Å². The fourth-order valence-electron chi connectivity index (χ4n) is 1.75. The third-order valence-corrected chi connectivity index (χ3v) is 2.45. The Bertz CT molecular complexity index is 667. The number of hydrogen-bond donors (Lipinski definition) is 2. The molecule has 0 fully saturated rings. The minimum Gasteiger partial charge on any atom is -0.399 e. The maximum atomic E-state index is 5.76. The van der Waals surface area contributed by atoms with Crippen LogP contribution in [0.5, 0.6) is 0 Å². The highest BCUT2D eigenvalue weighted by atomic mass is 15.3. The smallest absolute Gasteiger partial charge is 0.169 e. The van der Waals surface area contributed by atoms with Gasteiger partial charge in [-0.25, -0.2) is 4.98 Å². The second kappa shape index (κ2) is 3.44. The summed E-state index contributed by atoms with van der Waals surface area (Å²) in [6.45, 7) is 0. The molecule has 4 N–H and O–H groups in total. The van der Waals surface area contributed by atoms with Gasteiger partial charge in [0.25, 0.3) is 0 Å². The van der Waals surface area contributed by atoms with E-state index < -0.39 is 0 Å². The predicted octanol–water partition coefficient (Wildman–Crippen LogP) is 0.956. The van der Waals surface area contributed by atoms with Crippen LogP contribution in [-0.4, -0.2) is 19.6 Å². The van der Waals surface area contributed by atoms with E-state index in [4.69, 9.17) is 11.5 Å². The number of nitrogens with two attached hydrogens (primary N) is 2. The lowest BCUT2D eigenvalue weighted by Crippen LogP contribution is -1.94. The van der Waals surface area contributed by atoms with Crippen molar-refractivity contribution in [1.82, 2.24) is 19.6 Å². The quantitative estimate of drug-likeness (QED) is 0.602. The van der Waals surface area contributed by atoms with E-state index in [2.05, 4.69) is 15.2 Å². The van der Waals surface area contributed by atoms with E-state index in [9.17, 15) is 0 Å². The highest BCUT2D eigenvalue weighted by Gasteiger charge is 2.08. The molecule has 0 aliphatic carbocycles. The Labute approximate surface area is 96.9 Å². The van der Waals surface area contributed by atoms with Crippen molar-refractivity contribution in [1.29, 1.82) is 0 Å². The van der Waals surface area contributed by atoms with Gasteiger partial charge < -0.3 is 11.5 Å². The van der Waals surface area contributed by atoms with Crippen LogP contribution in [0.2, 0.25) is 0 Å². The fraction of sp³-hybridized carbons (Fsp3) is 0. The third kappa shape index (κ3) is 1.55. The van der Waals surface area contributed by atoms with E-state index in [1.54, 1.807) is 41.2 Å². The van der Waals surface area contributed by atoms with Crippen LogP contribution in [0.4, 0.5) is 11.4 Å². The zero-order valence-corrected chi connectivity index (χ0v) is 8.91. The maximum absolute atomic E-state index is 5.76. The van der Waals surface area contributed by atoms with Gasteiger partial charge >= 0.3 is 0 Å². The average molecular weight is 226 g/mol. The molecule has 0 saturated carbocycles. The Kier molecular flexibility index (Phi) is 1.94. The average Bonchev–Trinajstić information content (AvgIpc) is 2.71. The second-order valence-electron chi connectivity index (χ2n) is 3.72. The van der Waals surface area contributed by atoms with Crippen LogP contribution in [0, 0.1) is 0 Å². The molecule has 6 heteroatoms. The van der Waals surface area contributed by atoms with Gasteiger partial charge in [0.15, 0.2) is 11.5 Å². The fourth-order valence-corrected chi connectivity index (χ4v) is 1.75. The van der Waals surface area contributed by atoms with Crippen molar-refractivity contribution in [3.05, 3.63) is 36.8 Å². The molecule has 0 atom stereocenters. The molecule has 3 aromatic rings. The summed E-state index contributed by atoms with van der Waals surface area (Å²) < 4.78 is 1.79. The van der Waals surface area contributed by atoms with Gasteiger partial charge in [-0.05, 0) is 18.2 Å². The zero-order chi connectivity index (χ0) is 11.8. The van der Waals surface area contributed by atoms with Crippen molar-refractivity contribution in [3.8, 4) is 11.4 Å². The first-order valence-electron chi connectivity index (χ1n) is 5.05. The van der Waals surface area contributed by atoms with Crippen molar-refractivity contribution < 1.29 is 0 Å². The summed E-state index contributed by atoms with van der Waals surface area (Å²) in [5.41, 5.74) is 14.3. The first-order chi connectivity index (χ1) is 8.24. The molecule has 0 radical (unpaired) electrons. The lowest BCUT2D eigenvalue weighted by atomic mass is 10.1. The van der Waals surface area contributed by atoms with Gasteiger partial charge in [0.1, 0.15) is 6.33 Å². The van der Waals surface area contributed by atoms with Crippen LogP contribution in [0.15, 0.2) is 36.8 Å². The molecule has 0 bridgehead atoms. The summed E-state index contributed by atoms with van der Waals surface area (Å²) in [4.78, 5) is 4.04. The molecule has 0 unspecified atom stereocenters. The van der Waals surface area contributed by atoms with E-state index in [0.717, 1.165) is 11.2 Å². The standard InChI is InChI=1S/C11H10N6/c12-8-3-7(4-9(13)5-8)11-16-15-10-1-2-14-6-17(10)11/h1-6H,12-13H2. The third-order valence-electron chi connectivity index (χ3n) is 2.45. The Morgan fingerprint density at radius 3 is 2.53 bits per heavy atom. The molecule has 1 aromatic carbocycles. The molecule has 2 aromatic heterocycles. The molecule has 0 saturated heterocycles. The summed E-state index contributed by atoms with van der Waals surface area (Å²) in [6, 6.07) is 7.09. The van der Waals surface area contributed by atoms with Crippen LogP contribution >= 0.6 is 0 Å². The highest BCUT2D eigenvalue weighted by molar-refractivity contribution is 5.69. The Hall–Kier alpha value is -2.63.